The summed E-state index contributed by atoms with van der Waals surface area (Å²) in [6, 6.07) is 19.1. The molecular weight excluding hydrogens is 318 g/mol. The summed E-state index contributed by atoms with van der Waals surface area (Å²) in [6.07, 6.45) is 0. The standard InChI is InChI=1S/C20H13NO4/c22-17-10-13-8-4-5-9-14(13)15-11-16(20(24)25-18(15)17)21-19(23)12-6-2-1-3-7-12/h1-11,22H,(H,21,23). The number of hydrogen-bond acceptors (Lipinski definition) is 4. The van der Waals surface area contributed by atoms with Crippen molar-refractivity contribution in [2.45, 2.75) is 0 Å². The van der Waals surface area contributed by atoms with E-state index < -0.39 is 11.5 Å². The average molecular weight is 331 g/mol. The highest BCUT2D eigenvalue weighted by atomic mass is 16.4. The number of benzene rings is 3. The van der Waals surface area contributed by atoms with Crippen LogP contribution in [0.5, 0.6) is 5.75 Å². The van der Waals surface area contributed by atoms with E-state index in [9.17, 15) is 14.7 Å². The minimum absolute atomic E-state index is 0.0251. The van der Waals surface area contributed by atoms with Crippen molar-refractivity contribution < 1.29 is 14.3 Å². The highest BCUT2D eigenvalue weighted by Crippen LogP contribution is 2.33. The van der Waals surface area contributed by atoms with Crippen molar-refractivity contribution in [1.82, 2.24) is 0 Å². The van der Waals surface area contributed by atoms with Crippen molar-refractivity contribution in [2.24, 2.45) is 0 Å². The van der Waals surface area contributed by atoms with E-state index >= 15 is 0 Å². The molecule has 0 aliphatic rings. The molecule has 5 nitrogen and oxygen atoms in total. The van der Waals surface area contributed by atoms with E-state index in [1.54, 1.807) is 36.4 Å². The lowest BCUT2D eigenvalue weighted by molar-refractivity contribution is 0.102. The molecule has 0 spiro atoms. The molecule has 0 aliphatic carbocycles. The number of fused-ring (bicyclic) bond motifs is 3. The Morgan fingerprint density at radius 2 is 1.64 bits per heavy atom. The van der Waals surface area contributed by atoms with E-state index in [0.717, 1.165) is 10.8 Å². The number of rotatable bonds is 2. The second-order valence-corrected chi connectivity index (χ2v) is 5.63. The molecule has 5 heteroatoms. The van der Waals surface area contributed by atoms with Crippen molar-refractivity contribution in [2.75, 3.05) is 5.32 Å². The average Bonchev–Trinajstić information content (AvgIpc) is 2.64. The molecular formula is C20H13NO4. The summed E-state index contributed by atoms with van der Waals surface area (Å²) >= 11 is 0. The first kappa shape index (κ1) is 15.0. The lowest BCUT2D eigenvalue weighted by atomic mass is 10.0. The second kappa shape index (κ2) is 5.79. The fourth-order valence-electron chi connectivity index (χ4n) is 2.81. The maximum Gasteiger partial charge on any atom is 0.360 e. The van der Waals surface area contributed by atoms with Gasteiger partial charge in [0.25, 0.3) is 5.91 Å². The Bertz CT molecular complexity index is 1160. The summed E-state index contributed by atoms with van der Waals surface area (Å²) in [5.74, 6) is -0.525. The summed E-state index contributed by atoms with van der Waals surface area (Å²) in [7, 11) is 0. The van der Waals surface area contributed by atoms with Crippen LogP contribution in [0.3, 0.4) is 0 Å². The van der Waals surface area contributed by atoms with E-state index in [4.69, 9.17) is 4.42 Å². The first-order chi connectivity index (χ1) is 12.1. The van der Waals surface area contributed by atoms with Gasteiger partial charge in [0.2, 0.25) is 0 Å². The summed E-state index contributed by atoms with van der Waals surface area (Å²) in [5.41, 5.74) is -0.163. The summed E-state index contributed by atoms with van der Waals surface area (Å²) in [5, 5.41) is 14.9. The number of carbonyl (C=O) groups is 1. The molecule has 1 aromatic heterocycles. The number of nitrogens with one attached hydrogen (secondary N) is 1. The normalized spacial score (nSPS) is 10.9. The summed E-state index contributed by atoms with van der Waals surface area (Å²) < 4.78 is 5.25. The molecule has 1 heterocycles. The van der Waals surface area contributed by atoms with Gasteiger partial charge in [-0.1, -0.05) is 42.5 Å². The molecule has 1 amide bonds. The van der Waals surface area contributed by atoms with E-state index in [2.05, 4.69) is 5.32 Å². The Labute approximate surface area is 142 Å². The molecule has 25 heavy (non-hydrogen) atoms. The topological polar surface area (TPSA) is 79.5 Å². The number of aromatic hydroxyl groups is 1. The van der Waals surface area contributed by atoms with Gasteiger partial charge in [0.15, 0.2) is 11.3 Å². The van der Waals surface area contributed by atoms with Crippen LogP contribution < -0.4 is 10.9 Å². The third-order valence-electron chi connectivity index (χ3n) is 4.01. The van der Waals surface area contributed by atoms with Crippen LogP contribution in [0.4, 0.5) is 5.69 Å². The molecule has 0 unspecified atom stereocenters. The first-order valence-electron chi connectivity index (χ1n) is 7.68. The van der Waals surface area contributed by atoms with Gasteiger partial charge in [-0.25, -0.2) is 4.79 Å². The van der Waals surface area contributed by atoms with E-state index in [1.807, 2.05) is 24.3 Å². The number of carbonyl (C=O) groups excluding carboxylic acids is 1. The monoisotopic (exact) mass is 331 g/mol. The predicted molar refractivity (Wildman–Crippen MR) is 96.0 cm³/mol. The van der Waals surface area contributed by atoms with Gasteiger partial charge >= 0.3 is 5.63 Å². The van der Waals surface area contributed by atoms with Crippen molar-refractivity contribution in [1.29, 1.82) is 0 Å². The Balaban J connectivity index is 1.88. The molecule has 0 bridgehead atoms. The number of hydrogen-bond donors (Lipinski definition) is 2. The minimum Gasteiger partial charge on any atom is -0.504 e. The molecule has 4 aromatic rings. The fourth-order valence-corrected chi connectivity index (χ4v) is 2.81. The van der Waals surface area contributed by atoms with Gasteiger partial charge in [-0.15, -0.1) is 0 Å². The molecule has 0 saturated heterocycles. The van der Waals surface area contributed by atoms with Crippen LogP contribution in [0.25, 0.3) is 21.7 Å². The van der Waals surface area contributed by atoms with E-state index in [1.165, 1.54) is 6.07 Å². The van der Waals surface area contributed by atoms with Crippen LogP contribution in [0.1, 0.15) is 10.4 Å². The van der Waals surface area contributed by atoms with Crippen molar-refractivity contribution in [3.05, 3.63) is 82.7 Å². The van der Waals surface area contributed by atoms with Gasteiger partial charge in [0, 0.05) is 10.9 Å². The van der Waals surface area contributed by atoms with E-state index in [-0.39, 0.29) is 17.0 Å². The van der Waals surface area contributed by atoms with Gasteiger partial charge in [0.1, 0.15) is 5.69 Å². The van der Waals surface area contributed by atoms with Crippen LogP contribution in [0.2, 0.25) is 0 Å². The van der Waals surface area contributed by atoms with Crippen molar-refractivity contribution >= 4 is 33.3 Å². The largest absolute Gasteiger partial charge is 0.504 e. The highest BCUT2D eigenvalue weighted by molar-refractivity contribution is 6.10. The smallest absolute Gasteiger partial charge is 0.360 e. The third kappa shape index (κ3) is 2.61. The predicted octanol–water partition coefficient (Wildman–Crippen LogP) is 3.90. The molecule has 0 saturated carbocycles. The van der Waals surface area contributed by atoms with Crippen LogP contribution in [0.15, 0.2) is 75.9 Å². The van der Waals surface area contributed by atoms with Gasteiger partial charge in [-0.3, -0.25) is 4.79 Å². The van der Waals surface area contributed by atoms with Gasteiger partial charge in [0.05, 0.1) is 0 Å². The van der Waals surface area contributed by atoms with E-state index in [0.29, 0.717) is 10.9 Å². The first-order valence-corrected chi connectivity index (χ1v) is 7.68. The zero-order chi connectivity index (χ0) is 17.4. The molecule has 3 aromatic carbocycles. The molecule has 4 rings (SSSR count). The number of amides is 1. The SMILES string of the molecule is O=C(Nc1cc2c(oc1=O)c(O)cc1ccccc12)c1ccccc1. The van der Waals surface area contributed by atoms with Crippen molar-refractivity contribution in [3.8, 4) is 5.75 Å². The Hall–Kier alpha value is -3.60. The molecule has 0 atom stereocenters. The zero-order valence-electron chi connectivity index (χ0n) is 13.0. The fraction of sp³-hybridized carbons (Fsp3) is 0. The van der Waals surface area contributed by atoms with Crippen LogP contribution in [-0.2, 0) is 0 Å². The Kier molecular flexibility index (Phi) is 3.47. The maximum atomic E-state index is 12.3. The van der Waals surface area contributed by atoms with Crippen LogP contribution >= 0.6 is 0 Å². The highest BCUT2D eigenvalue weighted by Gasteiger charge is 2.14. The number of anilines is 1. The Morgan fingerprint density at radius 1 is 0.920 bits per heavy atom. The minimum atomic E-state index is -0.720. The molecule has 0 aliphatic heterocycles. The molecule has 0 radical (unpaired) electrons. The van der Waals surface area contributed by atoms with Gasteiger partial charge in [-0.05, 0) is 35.0 Å². The Morgan fingerprint density at radius 3 is 2.44 bits per heavy atom. The third-order valence-corrected chi connectivity index (χ3v) is 4.01. The zero-order valence-corrected chi connectivity index (χ0v) is 13.0. The number of phenolic OH excluding ortho intramolecular Hbond substituents is 1. The van der Waals surface area contributed by atoms with Crippen molar-refractivity contribution in [3.63, 3.8) is 0 Å². The molecule has 122 valence electrons. The lowest BCUT2D eigenvalue weighted by Crippen LogP contribution is -2.17. The second-order valence-electron chi connectivity index (χ2n) is 5.63. The number of phenols is 1. The quantitative estimate of drug-likeness (QED) is 0.431. The lowest BCUT2D eigenvalue weighted by Gasteiger charge is -2.08. The molecule has 0 fully saturated rings. The summed E-state index contributed by atoms with van der Waals surface area (Å²) in [6.45, 7) is 0. The molecule has 2 N–H and O–H groups in total. The summed E-state index contributed by atoms with van der Waals surface area (Å²) in [4.78, 5) is 24.5. The maximum absolute atomic E-state index is 12.3. The van der Waals surface area contributed by atoms with Crippen LogP contribution in [-0.4, -0.2) is 11.0 Å². The van der Waals surface area contributed by atoms with Crippen LogP contribution in [0, 0.1) is 0 Å². The van der Waals surface area contributed by atoms with Gasteiger partial charge < -0.3 is 14.8 Å². The van der Waals surface area contributed by atoms with Gasteiger partial charge in [-0.2, -0.15) is 0 Å².